The van der Waals surface area contributed by atoms with Crippen molar-refractivity contribution in [2.75, 3.05) is 19.7 Å². The van der Waals surface area contributed by atoms with Crippen molar-refractivity contribution in [2.24, 2.45) is 5.92 Å². The highest BCUT2D eigenvalue weighted by Crippen LogP contribution is 2.28. The number of ether oxygens (including phenoxy) is 2. The zero-order valence-corrected chi connectivity index (χ0v) is 25.3. The molecule has 2 unspecified atom stereocenters. The second-order valence-corrected chi connectivity index (χ2v) is 11.2. The molecule has 1 aromatic rings. The van der Waals surface area contributed by atoms with Gasteiger partial charge in [0.2, 0.25) is 11.8 Å². The second kappa shape index (κ2) is 16.1. The van der Waals surface area contributed by atoms with Crippen LogP contribution in [0.25, 0.3) is 0 Å². The van der Waals surface area contributed by atoms with E-state index < -0.39 is 35.7 Å². The molecule has 0 spiro atoms. The van der Waals surface area contributed by atoms with Gasteiger partial charge in [-0.05, 0) is 65.0 Å². The number of nitrogens with zero attached hydrogens (tertiary/aromatic N) is 1. The Morgan fingerprint density at radius 3 is 2.23 bits per heavy atom. The summed E-state index contributed by atoms with van der Waals surface area (Å²) in [5, 5.41) is 5.57. The van der Waals surface area contributed by atoms with E-state index in [0.29, 0.717) is 18.5 Å². The molecule has 220 valence electrons. The lowest BCUT2D eigenvalue weighted by Crippen LogP contribution is -2.55. The van der Waals surface area contributed by atoms with Crippen molar-refractivity contribution >= 4 is 23.9 Å². The molecule has 0 aliphatic carbocycles. The standard InChI is InChI=1S/C30H49N3O6/c1-10-12-13-18-33(28(36)25(20(3)4)32-29(37)39-30(7,8)9)26(23-15-14-21(5)19-22(23)6)27(35)31-17-16-24(34)38-11-2/h14-15,19-20,25-26H,10-13,16-18H2,1-9H3,(H,31,35)(H,32,37). The predicted molar refractivity (Wildman–Crippen MR) is 152 cm³/mol. The third kappa shape index (κ3) is 11.7. The summed E-state index contributed by atoms with van der Waals surface area (Å²) in [6, 6.07) is 3.91. The minimum atomic E-state index is -0.946. The van der Waals surface area contributed by atoms with Gasteiger partial charge in [-0.1, -0.05) is 57.4 Å². The van der Waals surface area contributed by atoms with Crippen molar-refractivity contribution < 1.29 is 28.7 Å². The molecule has 0 saturated heterocycles. The van der Waals surface area contributed by atoms with Crippen molar-refractivity contribution in [3.8, 4) is 0 Å². The molecule has 39 heavy (non-hydrogen) atoms. The van der Waals surface area contributed by atoms with Gasteiger partial charge in [0.25, 0.3) is 0 Å². The molecule has 0 aliphatic heterocycles. The number of carbonyl (C=O) groups excluding carboxylic acids is 4. The second-order valence-electron chi connectivity index (χ2n) is 11.2. The van der Waals surface area contributed by atoms with Crippen LogP contribution >= 0.6 is 0 Å². The molecule has 1 rings (SSSR count). The van der Waals surface area contributed by atoms with Gasteiger partial charge in [-0.3, -0.25) is 14.4 Å². The largest absolute Gasteiger partial charge is 0.466 e. The number of rotatable bonds is 14. The molecule has 9 heteroatoms. The van der Waals surface area contributed by atoms with Crippen LogP contribution in [0.15, 0.2) is 18.2 Å². The summed E-state index contributed by atoms with van der Waals surface area (Å²) in [6.07, 6.45) is 1.84. The topological polar surface area (TPSA) is 114 Å². The van der Waals surface area contributed by atoms with Crippen LogP contribution in [-0.2, 0) is 23.9 Å². The minimum absolute atomic E-state index is 0.0256. The van der Waals surface area contributed by atoms with Gasteiger partial charge >= 0.3 is 12.1 Å². The zero-order valence-electron chi connectivity index (χ0n) is 25.3. The van der Waals surface area contributed by atoms with E-state index in [1.54, 1.807) is 32.6 Å². The molecule has 1 aromatic carbocycles. The molecule has 2 N–H and O–H groups in total. The number of hydrogen-bond acceptors (Lipinski definition) is 6. The van der Waals surface area contributed by atoms with E-state index in [4.69, 9.17) is 9.47 Å². The third-order valence-electron chi connectivity index (χ3n) is 6.10. The number of esters is 1. The third-order valence-corrected chi connectivity index (χ3v) is 6.10. The first-order valence-corrected chi connectivity index (χ1v) is 14.0. The maximum absolute atomic E-state index is 14.1. The van der Waals surface area contributed by atoms with Crippen LogP contribution in [0.4, 0.5) is 4.79 Å². The average Bonchev–Trinajstić information content (AvgIpc) is 2.81. The van der Waals surface area contributed by atoms with Crippen LogP contribution in [0.2, 0.25) is 0 Å². The number of hydrogen-bond donors (Lipinski definition) is 2. The van der Waals surface area contributed by atoms with Crippen LogP contribution < -0.4 is 10.6 Å². The highest BCUT2D eigenvalue weighted by atomic mass is 16.6. The summed E-state index contributed by atoms with van der Waals surface area (Å²) in [5.74, 6) is -1.42. The average molecular weight is 548 g/mol. The zero-order chi connectivity index (χ0) is 29.8. The minimum Gasteiger partial charge on any atom is -0.466 e. The van der Waals surface area contributed by atoms with Gasteiger partial charge < -0.3 is 25.0 Å². The fourth-order valence-corrected chi connectivity index (χ4v) is 4.23. The number of benzene rings is 1. The number of carbonyl (C=O) groups is 4. The quantitative estimate of drug-likeness (QED) is 0.251. The lowest BCUT2D eigenvalue weighted by atomic mass is 9.94. The summed E-state index contributed by atoms with van der Waals surface area (Å²) < 4.78 is 10.4. The first kappa shape index (κ1) is 33.9. The number of aryl methyl sites for hydroxylation is 2. The van der Waals surface area contributed by atoms with E-state index >= 15 is 0 Å². The Morgan fingerprint density at radius 2 is 1.69 bits per heavy atom. The van der Waals surface area contributed by atoms with Crippen molar-refractivity contribution in [2.45, 2.75) is 106 Å². The van der Waals surface area contributed by atoms with Crippen molar-refractivity contribution in [3.63, 3.8) is 0 Å². The summed E-state index contributed by atoms with van der Waals surface area (Å²) in [6.45, 7) is 17.3. The Bertz CT molecular complexity index is 970. The molecule has 0 saturated carbocycles. The van der Waals surface area contributed by atoms with E-state index in [-0.39, 0.29) is 31.4 Å². The summed E-state index contributed by atoms with van der Waals surface area (Å²) in [5.41, 5.74) is 1.87. The van der Waals surface area contributed by atoms with Gasteiger partial charge in [-0.2, -0.15) is 0 Å². The van der Waals surface area contributed by atoms with Crippen LogP contribution in [-0.4, -0.2) is 60.1 Å². The Morgan fingerprint density at radius 1 is 1.03 bits per heavy atom. The van der Waals surface area contributed by atoms with Crippen LogP contribution in [0.5, 0.6) is 0 Å². The molecule has 0 aliphatic rings. The van der Waals surface area contributed by atoms with Crippen molar-refractivity contribution in [1.82, 2.24) is 15.5 Å². The molecule has 0 radical (unpaired) electrons. The molecule has 0 bridgehead atoms. The molecular formula is C30H49N3O6. The van der Waals surface area contributed by atoms with Gasteiger partial charge in [-0.25, -0.2) is 4.79 Å². The smallest absolute Gasteiger partial charge is 0.408 e. The highest BCUT2D eigenvalue weighted by Gasteiger charge is 2.37. The maximum Gasteiger partial charge on any atom is 0.408 e. The Balaban J connectivity index is 3.47. The van der Waals surface area contributed by atoms with Gasteiger partial charge in [0.1, 0.15) is 17.7 Å². The maximum atomic E-state index is 14.1. The van der Waals surface area contributed by atoms with Gasteiger partial charge in [-0.15, -0.1) is 0 Å². The Hall–Kier alpha value is -3.10. The first-order valence-electron chi connectivity index (χ1n) is 14.0. The number of nitrogens with one attached hydrogen (secondary N) is 2. The lowest BCUT2D eigenvalue weighted by molar-refractivity contribution is -0.145. The summed E-state index contributed by atoms with van der Waals surface area (Å²) in [4.78, 5) is 53.9. The van der Waals surface area contributed by atoms with E-state index in [9.17, 15) is 19.2 Å². The van der Waals surface area contributed by atoms with Gasteiger partial charge in [0, 0.05) is 13.1 Å². The van der Waals surface area contributed by atoms with E-state index in [1.165, 1.54) is 0 Å². The molecular weight excluding hydrogens is 498 g/mol. The molecule has 2 atom stereocenters. The van der Waals surface area contributed by atoms with E-state index in [2.05, 4.69) is 17.6 Å². The van der Waals surface area contributed by atoms with Gasteiger partial charge in [0.05, 0.1) is 13.0 Å². The SMILES string of the molecule is CCCCCN(C(=O)C(NC(=O)OC(C)(C)C)C(C)C)C(C(=O)NCCC(=O)OCC)c1ccc(C)cc1C. The van der Waals surface area contributed by atoms with E-state index in [1.807, 2.05) is 45.9 Å². The molecule has 0 aromatic heterocycles. The van der Waals surface area contributed by atoms with Crippen molar-refractivity contribution in [1.29, 1.82) is 0 Å². The number of alkyl carbamates (subject to hydrolysis) is 1. The molecule has 0 fully saturated rings. The monoisotopic (exact) mass is 547 g/mol. The molecule has 3 amide bonds. The first-order chi connectivity index (χ1) is 18.2. The van der Waals surface area contributed by atoms with Crippen LogP contribution in [0.3, 0.4) is 0 Å². The predicted octanol–water partition coefficient (Wildman–Crippen LogP) is 4.98. The Kier molecular flexibility index (Phi) is 14.0. The van der Waals surface area contributed by atoms with Gasteiger partial charge in [0.15, 0.2) is 0 Å². The lowest BCUT2D eigenvalue weighted by Gasteiger charge is -2.36. The molecule has 0 heterocycles. The number of amides is 3. The van der Waals surface area contributed by atoms with E-state index in [0.717, 1.165) is 24.0 Å². The molecule has 9 nitrogen and oxygen atoms in total. The highest BCUT2D eigenvalue weighted by molar-refractivity contribution is 5.92. The van der Waals surface area contributed by atoms with Crippen molar-refractivity contribution in [3.05, 3.63) is 34.9 Å². The normalized spacial score (nSPS) is 12.9. The Labute approximate surface area is 234 Å². The number of unbranched alkanes of at least 4 members (excludes halogenated alkanes) is 2. The summed E-state index contributed by atoms with van der Waals surface area (Å²) >= 11 is 0. The van der Waals surface area contributed by atoms with Crippen LogP contribution in [0, 0.1) is 19.8 Å². The van der Waals surface area contributed by atoms with Crippen LogP contribution in [0.1, 0.15) is 96.9 Å². The fraction of sp³-hybridized carbons (Fsp3) is 0.667. The summed E-state index contributed by atoms with van der Waals surface area (Å²) in [7, 11) is 0. The fourth-order valence-electron chi connectivity index (χ4n) is 4.23.